The molecule has 0 spiro atoms. The van der Waals surface area contributed by atoms with E-state index in [9.17, 15) is 4.79 Å². The number of rotatable bonds is 3. The molecule has 0 unspecified atom stereocenters. The molecule has 0 aliphatic carbocycles. The zero-order valence-corrected chi connectivity index (χ0v) is 12.6. The third-order valence-electron chi connectivity index (χ3n) is 3.51. The van der Waals surface area contributed by atoms with Crippen LogP contribution in [0.2, 0.25) is 0 Å². The Labute approximate surface area is 129 Å². The monoisotopic (exact) mass is 291 g/mol. The summed E-state index contributed by atoms with van der Waals surface area (Å²) < 4.78 is 0. The van der Waals surface area contributed by atoms with E-state index in [0.29, 0.717) is 5.56 Å². The molecule has 4 heteroatoms. The summed E-state index contributed by atoms with van der Waals surface area (Å²) in [5.74, 6) is -0.137. The quantitative estimate of drug-likeness (QED) is 0.802. The number of hydrogen-bond donors (Lipinski definition) is 1. The van der Waals surface area contributed by atoms with Gasteiger partial charge in [-0.25, -0.2) is 0 Å². The van der Waals surface area contributed by atoms with Gasteiger partial charge in [-0.05, 0) is 24.3 Å². The van der Waals surface area contributed by atoms with Crippen molar-refractivity contribution in [3.05, 3.63) is 66.4 Å². The highest BCUT2D eigenvalue weighted by Gasteiger charge is 2.13. The smallest absolute Gasteiger partial charge is 0.257 e. The molecule has 1 heterocycles. The summed E-state index contributed by atoms with van der Waals surface area (Å²) in [6, 6.07) is 17.2. The average Bonchev–Trinajstić information content (AvgIpc) is 2.55. The van der Waals surface area contributed by atoms with Crippen LogP contribution in [0.25, 0.3) is 10.9 Å². The van der Waals surface area contributed by atoms with Crippen LogP contribution >= 0.6 is 0 Å². The third-order valence-corrected chi connectivity index (χ3v) is 3.51. The maximum absolute atomic E-state index is 12.6. The number of amides is 1. The molecule has 0 aliphatic rings. The maximum Gasteiger partial charge on any atom is 0.257 e. The first-order valence-electron chi connectivity index (χ1n) is 7.08. The van der Waals surface area contributed by atoms with Crippen molar-refractivity contribution in [2.45, 2.75) is 0 Å². The number of benzene rings is 2. The Kier molecular flexibility index (Phi) is 3.74. The van der Waals surface area contributed by atoms with Crippen LogP contribution in [0.5, 0.6) is 0 Å². The minimum absolute atomic E-state index is 0.137. The van der Waals surface area contributed by atoms with E-state index in [4.69, 9.17) is 0 Å². The predicted octanol–water partition coefficient (Wildman–Crippen LogP) is 3.55. The van der Waals surface area contributed by atoms with Gasteiger partial charge in [-0.1, -0.05) is 30.3 Å². The Bertz CT molecular complexity index is 822. The molecule has 0 saturated heterocycles. The molecular weight excluding hydrogens is 274 g/mol. The van der Waals surface area contributed by atoms with Crippen molar-refractivity contribution in [1.82, 2.24) is 4.98 Å². The number of fused-ring (bicyclic) bond motifs is 1. The molecule has 0 radical (unpaired) electrons. The van der Waals surface area contributed by atoms with Gasteiger partial charge in [0.15, 0.2) is 0 Å². The largest absolute Gasteiger partial charge is 0.377 e. The number of para-hydroxylation sites is 2. The Hall–Kier alpha value is -2.88. The summed E-state index contributed by atoms with van der Waals surface area (Å²) in [6.07, 6.45) is 1.73. The summed E-state index contributed by atoms with van der Waals surface area (Å²) in [7, 11) is 3.84. The van der Waals surface area contributed by atoms with E-state index < -0.39 is 0 Å². The lowest BCUT2D eigenvalue weighted by Gasteiger charge is -2.17. The van der Waals surface area contributed by atoms with Gasteiger partial charge in [0.2, 0.25) is 0 Å². The number of anilines is 2. The zero-order valence-electron chi connectivity index (χ0n) is 12.6. The first-order chi connectivity index (χ1) is 10.7. The Morgan fingerprint density at radius 3 is 2.59 bits per heavy atom. The molecule has 0 fully saturated rings. The summed E-state index contributed by atoms with van der Waals surface area (Å²) in [5.41, 5.74) is 3.03. The maximum atomic E-state index is 12.6. The highest BCUT2D eigenvalue weighted by atomic mass is 16.1. The van der Waals surface area contributed by atoms with E-state index in [1.807, 2.05) is 73.6 Å². The molecule has 0 aliphatic heterocycles. The Morgan fingerprint density at radius 2 is 1.77 bits per heavy atom. The highest BCUT2D eigenvalue weighted by Crippen LogP contribution is 2.23. The fourth-order valence-corrected chi connectivity index (χ4v) is 2.45. The average molecular weight is 291 g/mol. The first-order valence-corrected chi connectivity index (χ1v) is 7.08. The van der Waals surface area contributed by atoms with Crippen molar-refractivity contribution >= 4 is 28.2 Å². The van der Waals surface area contributed by atoms with Crippen molar-refractivity contribution in [2.75, 3.05) is 24.3 Å². The summed E-state index contributed by atoms with van der Waals surface area (Å²) in [6.45, 7) is 0. The number of pyridine rings is 1. The lowest BCUT2D eigenvalue weighted by Crippen LogP contribution is -2.18. The molecule has 1 aromatic heterocycles. The molecule has 3 aromatic rings. The normalized spacial score (nSPS) is 10.5. The molecule has 0 atom stereocenters. The van der Waals surface area contributed by atoms with Crippen LogP contribution in [0, 0.1) is 0 Å². The van der Waals surface area contributed by atoms with Gasteiger partial charge in [-0.2, -0.15) is 0 Å². The second-order valence-corrected chi connectivity index (χ2v) is 5.25. The number of nitrogens with zero attached hydrogens (tertiary/aromatic N) is 2. The second kappa shape index (κ2) is 5.85. The molecule has 3 rings (SSSR count). The fourth-order valence-electron chi connectivity index (χ4n) is 2.45. The van der Waals surface area contributed by atoms with E-state index in [1.54, 1.807) is 6.20 Å². The van der Waals surface area contributed by atoms with Gasteiger partial charge in [0, 0.05) is 31.4 Å². The van der Waals surface area contributed by atoms with Gasteiger partial charge in [0.05, 0.1) is 16.8 Å². The molecule has 22 heavy (non-hydrogen) atoms. The molecule has 1 N–H and O–H groups in total. The first kappa shape index (κ1) is 14.1. The van der Waals surface area contributed by atoms with Gasteiger partial charge in [-0.15, -0.1) is 0 Å². The van der Waals surface area contributed by atoms with Crippen LogP contribution < -0.4 is 10.2 Å². The molecule has 1 amide bonds. The Morgan fingerprint density at radius 1 is 1.00 bits per heavy atom. The molecule has 4 nitrogen and oxygen atoms in total. The number of aromatic nitrogens is 1. The number of nitrogens with one attached hydrogen (secondary N) is 1. The van der Waals surface area contributed by atoms with Gasteiger partial charge < -0.3 is 10.2 Å². The predicted molar refractivity (Wildman–Crippen MR) is 90.5 cm³/mol. The molecule has 110 valence electrons. The number of hydrogen-bond acceptors (Lipinski definition) is 3. The van der Waals surface area contributed by atoms with Gasteiger partial charge >= 0.3 is 0 Å². The van der Waals surface area contributed by atoms with E-state index in [0.717, 1.165) is 22.3 Å². The van der Waals surface area contributed by atoms with Gasteiger partial charge in [0.25, 0.3) is 5.91 Å². The van der Waals surface area contributed by atoms with Crippen LogP contribution in [-0.2, 0) is 0 Å². The van der Waals surface area contributed by atoms with Crippen LogP contribution in [-0.4, -0.2) is 25.0 Å². The van der Waals surface area contributed by atoms with Crippen molar-refractivity contribution in [1.29, 1.82) is 0 Å². The standard InChI is InChI=1S/C18H17N3O/c1-21(2)16-11-4-3-9-14(16)18(22)20-15-10-5-7-13-8-6-12-19-17(13)15/h3-12H,1-2H3,(H,20,22). The topological polar surface area (TPSA) is 45.2 Å². The highest BCUT2D eigenvalue weighted by molar-refractivity contribution is 6.11. The molecule has 2 aromatic carbocycles. The Balaban J connectivity index is 1.98. The minimum atomic E-state index is -0.137. The van der Waals surface area contributed by atoms with E-state index in [1.165, 1.54) is 0 Å². The van der Waals surface area contributed by atoms with Crippen LogP contribution in [0.3, 0.4) is 0 Å². The summed E-state index contributed by atoms with van der Waals surface area (Å²) in [4.78, 5) is 18.9. The van der Waals surface area contributed by atoms with E-state index >= 15 is 0 Å². The molecular formula is C18H17N3O. The van der Waals surface area contributed by atoms with Crippen molar-refractivity contribution in [3.8, 4) is 0 Å². The lowest BCUT2D eigenvalue weighted by molar-refractivity contribution is 0.102. The number of carbonyl (C=O) groups is 1. The van der Waals surface area contributed by atoms with Crippen LogP contribution in [0.15, 0.2) is 60.8 Å². The van der Waals surface area contributed by atoms with Crippen molar-refractivity contribution in [2.24, 2.45) is 0 Å². The summed E-state index contributed by atoms with van der Waals surface area (Å²) in [5, 5.41) is 3.97. The second-order valence-electron chi connectivity index (χ2n) is 5.25. The van der Waals surface area contributed by atoms with E-state index in [-0.39, 0.29) is 5.91 Å². The van der Waals surface area contributed by atoms with E-state index in [2.05, 4.69) is 10.3 Å². The summed E-state index contributed by atoms with van der Waals surface area (Å²) >= 11 is 0. The molecule has 0 bridgehead atoms. The van der Waals surface area contributed by atoms with Gasteiger partial charge in [-0.3, -0.25) is 9.78 Å². The lowest BCUT2D eigenvalue weighted by atomic mass is 10.1. The van der Waals surface area contributed by atoms with Crippen molar-refractivity contribution < 1.29 is 4.79 Å². The number of carbonyl (C=O) groups excluding carboxylic acids is 1. The SMILES string of the molecule is CN(C)c1ccccc1C(=O)Nc1cccc2cccnc12. The third kappa shape index (κ3) is 2.63. The molecule has 0 saturated carbocycles. The van der Waals surface area contributed by atoms with Crippen LogP contribution in [0.4, 0.5) is 11.4 Å². The van der Waals surface area contributed by atoms with Gasteiger partial charge in [0.1, 0.15) is 0 Å². The fraction of sp³-hybridized carbons (Fsp3) is 0.111. The van der Waals surface area contributed by atoms with Crippen molar-refractivity contribution in [3.63, 3.8) is 0 Å². The minimum Gasteiger partial charge on any atom is -0.377 e. The van der Waals surface area contributed by atoms with Crippen LogP contribution in [0.1, 0.15) is 10.4 Å². The zero-order chi connectivity index (χ0) is 15.5.